The first kappa shape index (κ1) is 24.1. The molecule has 0 atom stereocenters. The van der Waals surface area contributed by atoms with Crippen LogP contribution in [0.4, 0.5) is 17.2 Å². The summed E-state index contributed by atoms with van der Waals surface area (Å²) in [6.45, 7) is 3.56. The fourth-order valence-corrected chi connectivity index (χ4v) is 3.39. The molecule has 0 bridgehead atoms. The van der Waals surface area contributed by atoms with Crippen LogP contribution in [0, 0.1) is 5.41 Å². The van der Waals surface area contributed by atoms with Crippen molar-refractivity contribution in [3.63, 3.8) is 0 Å². The Labute approximate surface area is 196 Å². The molecule has 0 spiro atoms. The van der Waals surface area contributed by atoms with Gasteiger partial charge in [-0.25, -0.2) is 4.98 Å². The van der Waals surface area contributed by atoms with Gasteiger partial charge < -0.3 is 32.9 Å². The molecule has 178 valence electrons. The Morgan fingerprint density at radius 1 is 1.18 bits per heavy atom. The fourth-order valence-electron chi connectivity index (χ4n) is 3.39. The molecule has 0 unspecified atom stereocenters. The zero-order valence-electron chi connectivity index (χ0n) is 18.9. The van der Waals surface area contributed by atoms with Crippen molar-refractivity contribution in [3.8, 4) is 17.0 Å². The van der Waals surface area contributed by atoms with Gasteiger partial charge in [-0.15, -0.1) is 0 Å². The number of anilines is 3. The van der Waals surface area contributed by atoms with E-state index in [-0.39, 0.29) is 42.1 Å². The number of nitrogens with zero attached hydrogens (tertiary/aromatic N) is 2. The van der Waals surface area contributed by atoms with Gasteiger partial charge in [0.15, 0.2) is 5.82 Å². The minimum absolute atomic E-state index is 0.0398. The van der Waals surface area contributed by atoms with Gasteiger partial charge in [0.05, 0.1) is 17.5 Å². The summed E-state index contributed by atoms with van der Waals surface area (Å²) in [6, 6.07) is 9.41. The maximum absolute atomic E-state index is 13.2. The quantitative estimate of drug-likeness (QED) is 0.146. The third kappa shape index (κ3) is 5.63. The predicted molar refractivity (Wildman–Crippen MR) is 132 cm³/mol. The van der Waals surface area contributed by atoms with Crippen LogP contribution in [0.15, 0.2) is 47.4 Å². The Bertz CT molecular complexity index is 1280. The van der Waals surface area contributed by atoms with Crippen molar-refractivity contribution in [2.24, 2.45) is 5.73 Å². The molecule has 10 N–H and O–H groups in total. The highest BCUT2D eigenvalue weighted by Crippen LogP contribution is 2.24. The number of nitrogen functional groups attached to an aromatic ring is 3. The Balaban J connectivity index is 1.89. The number of hydrogen-bond acceptors (Lipinski definition) is 8. The lowest BCUT2D eigenvalue weighted by Crippen LogP contribution is -2.35. The molecule has 0 aliphatic carbocycles. The summed E-state index contributed by atoms with van der Waals surface area (Å²) in [7, 11) is 0. The first-order valence-corrected chi connectivity index (χ1v) is 10.5. The van der Waals surface area contributed by atoms with Crippen LogP contribution >= 0.6 is 0 Å². The Kier molecular flexibility index (Phi) is 7.05. The summed E-state index contributed by atoms with van der Waals surface area (Å²) >= 11 is 0. The standard InChI is InChI=1S/C23H28N8O3/c1-12(2)30-22-23(34)31(18(10-29-22)14-6-15(24)8-16(25)7-14)11-20(33)28-9-13-3-4-17(21(26)27)19(32)5-13/h3-8,10,12,32H,9,11,24-25H2,1-2H3,(H3,26,27)(H,28,33)(H,29,30). The first-order chi connectivity index (χ1) is 16.0. The van der Waals surface area contributed by atoms with Gasteiger partial charge in [-0.3, -0.25) is 19.6 Å². The number of amidine groups is 1. The van der Waals surface area contributed by atoms with E-state index in [1.54, 1.807) is 24.3 Å². The highest BCUT2D eigenvalue weighted by Gasteiger charge is 2.16. The highest BCUT2D eigenvalue weighted by molar-refractivity contribution is 5.97. The van der Waals surface area contributed by atoms with Crippen LogP contribution in [0.3, 0.4) is 0 Å². The monoisotopic (exact) mass is 464 g/mol. The Morgan fingerprint density at radius 3 is 2.44 bits per heavy atom. The Morgan fingerprint density at radius 2 is 1.85 bits per heavy atom. The minimum atomic E-state index is -0.467. The molecule has 1 aromatic heterocycles. The fraction of sp³-hybridized carbons (Fsp3) is 0.217. The van der Waals surface area contributed by atoms with Gasteiger partial charge in [0.25, 0.3) is 5.56 Å². The molecule has 11 nitrogen and oxygen atoms in total. The molecule has 3 aromatic rings. The number of rotatable bonds is 8. The van der Waals surface area contributed by atoms with Crippen LogP contribution < -0.4 is 33.4 Å². The number of hydrogen-bond donors (Lipinski definition) is 7. The smallest absolute Gasteiger partial charge is 0.294 e. The maximum atomic E-state index is 13.2. The molecule has 2 aromatic carbocycles. The van der Waals surface area contributed by atoms with Crippen LogP contribution in [0.1, 0.15) is 25.0 Å². The number of aromatic hydroxyl groups is 1. The van der Waals surface area contributed by atoms with E-state index in [9.17, 15) is 14.7 Å². The molecule has 0 fully saturated rings. The number of nitrogens with two attached hydrogens (primary N) is 3. The van der Waals surface area contributed by atoms with E-state index in [0.717, 1.165) is 0 Å². The number of aromatic nitrogens is 2. The lowest BCUT2D eigenvalue weighted by Gasteiger charge is -2.16. The SMILES string of the molecule is CC(C)Nc1ncc(-c2cc(N)cc(N)c2)n(CC(=O)NCc2ccc(C(=N)N)c(O)c2)c1=O. The van der Waals surface area contributed by atoms with Gasteiger partial charge in [-0.2, -0.15) is 0 Å². The largest absolute Gasteiger partial charge is 0.507 e. The lowest BCUT2D eigenvalue weighted by atomic mass is 10.1. The topological polar surface area (TPSA) is 198 Å². The highest BCUT2D eigenvalue weighted by atomic mass is 16.3. The number of phenols is 1. The van der Waals surface area contributed by atoms with E-state index in [1.165, 1.54) is 22.9 Å². The Hall–Kier alpha value is -4.54. The van der Waals surface area contributed by atoms with E-state index in [0.29, 0.717) is 28.2 Å². The third-order valence-electron chi connectivity index (χ3n) is 4.90. The van der Waals surface area contributed by atoms with E-state index >= 15 is 0 Å². The number of carbonyl (C=O) groups is 1. The van der Waals surface area contributed by atoms with Crippen LogP contribution in [-0.2, 0) is 17.9 Å². The second-order valence-electron chi connectivity index (χ2n) is 8.11. The summed E-state index contributed by atoms with van der Waals surface area (Å²) in [5.41, 5.74) is 19.3. The van der Waals surface area contributed by atoms with E-state index in [1.807, 2.05) is 13.8 Å². The normalized spacial score (nSPS) is 10.8. The van der Waals surface area contributed by atoms with Gasteiger partial charge in [-0.05, 0) is 49.7 Å². The van der Waals surface area contributed by atoms with Crippen LogP contribution in [-0.4, -0.2) is 32.4 Å². The van der Waals surface area contributed by atoms with Crippen molar-refractivity contribution >= 4 is 28.9 Å². The van der Waals surface area contributed by atoms with Crippen LogP contribution in [0.25, 0.3) is 11.3 Å². The molecule has 0 aliphatic rings. The van der Waals surface area contributed by atoms with Crippen molar-refractivity contribution in [1.29, 1.82) is 5.41 Å². The molecule has 0 radical (unpaired) electrons. The van der Waals surface area contributed by atoms with Crippen molar-refractivity contribution < 1.29 is 9.90 Å². The van der Waals surface area contributed by atoms with E-state index in [4.69, 9.17) is 22.6 Å². The van der Waals surface area contributed by atoms with Crippen molar-refractivity contribution in [1.82, 2.24) is 14.9 Å². The number of amides is 1. The molecule has 1 amide bonds. The summed E-state index contributed by atoms with van der Waals surface area (Å²) in [5.74, 6) is -0.730. The van der Waals surface area contributed by atoms with Crippen LogP contribution in [0.5, 0.6) is 5.75 Å². The molecule has 1 heterocycles. The molecule has 3 rings (SSSR count). The van der Waals surface area contributed by atoms with Crippen molar-refractivity contribution in [2.45, 2.75) is 33.0 Å². The number of nitrogens with one attached hydrogen (secondary N) is 3. The molecule has 34 heavy (non-hydrogen) atoms. The zero-order chi connectivity index (χ0) is 25.0. The van der Waals surface area contributed by atoms with E-state index in [2.05, 4.69) is 15.6 Å². The predicted octanol–water partition coefficient (Wildman–Crippen LogP) is 1.20. The maximum Gasteiger partial charge on any atom is 0.294 e. The number of benzene rings is 2. The molecule has 0 saturated carbocycles. The summed E-state index contributed by atoms with van der Waals surface area (Å²) in [5, 5.41) is 23.1. The molecule has 11 heteroatoms. The number of phenolic OH excluding ortho intramolecular Hbond substituents is 1. The van der Waals surface area contributed by atoms with Gasteiger partial charge >= 0.3 is 0 Å². The minimum Gasteiger partial charge on any atom is -0.507 e. The van der Waals surface area contributed by atoms with Crippen LogP contribution in [0.2, 0.25) is 0 Å². The van der Waals surface area contributed by atoms with Gasteiger partial charge in [-0.1, -0.05) is 6.07 Å². The molecular weight excluding hydrogens is 436 g/mol. The van der Waals surface area contributed by atoms with Gasteiger partial charge in [0.2, 0.25) is 5.91 Å². The number of carbonyl (C=O) groups excluding carboxylic acids is 1. The van der Waals surface area contributed by atoms with Gasteiger partial charge in [0.1, 0.15) is 18.1 Å². The second-order valence-corrected chi connectivity index (χ2v) is 8.11. The van der Waals surface area contributed by atoms with E-state index < -0.39 is 11.5 Å². The average molecular weight is 465 g/mol. The first-order valence-electron chi connectivity index (χ1n) is 10.5. The second kappa shape index (κ2) is 9.94. The van der Waals surface area contributed by atoms with Crippen molar-refractivity contribution in [2.75, 3.05) is 16.8 Å². The average Bonchev–Trinajstić information content (AvgIpc) is 2.74. The molecule has 0 saturated heterocycles. The molecular formula is C23H28N8O3. The van der Waals surface area contributed by atoms with Gasteiger partial charge in [0, 0.05) is 29.5 Å². The van der Waals surface area contributed by atoms with Crippen molar-refractivity contribution in [3.05, 3.63) is 64.1 Å². The molecule has 0 aliphatic heterocycles. The summed E-state index contributed by atoms with van der Waals surface area (Å²) < 4.78 is 1.30. The zero-order valence-corrected chi connectivity index (χ0v) is 18.9. The lowest BCUT2D eigenvalue weighted by molar-refractivity contribution is -0.121. The third-order valence-corrected chi connectivity index (χ3v) is 4.90. The summed E-state index contributed by atoms with van der Waals surface area (Å²) in [4.78, 5) is 30.2. The summed E-state index contributed by atoms with van der Waals surface area (Å²) in [6.07, 6.45) is 1.49.